The van der Waals surface area contributed by atoms with Crippen LogP contribution in [0.4, 0.5) is 0 Å². The number of rotatable bonds is 4. The normalized spacial score (nSPS) is 29.7. The highest BCUT2D eigenvalue weighted by molar-refractivity contribution is 7.89. The predicted molar refractivity (Wildman–Crippen MR) is 89.7 cm³/mol. The third-order valence-corrected chi connectivity index (χ3v) is 6.57. The van der Waals surface area contributed by atoms with Gasteiger partial charge in [-0.1, -0.05) is 24.1 Å². The van der Waals surface area contributed by atoms with E-state index in [-0.39, 0.29) is 10.9 Å². The molecule has 1 aromatic carbocycles. The van der Waals surface area contributed by atoms with Gasteiger partial charge in [-0.05, 0) is 57.8 Å². The first-order valence-corrected chi connectivity index (χ1v) is 9.97. The van der Waals surface area contributed by atoms with Crippen LogP contribution in [0.2, 0.25) is 0 Å². The summed E-state index contributed by atoms with van der Waals surface area (Å²) >= 11 is 0. The van der Waals surface area contributed by atoms with Crippen LogP contribution in [0.25, 0.3) is 0 Å². The lowest BCUT2D eigenvalue weighted by molar-refractivity contribution is 0.0127. The van der Waals surface area contributed by atoms with Gasteiger partial charge in [0.2, 0.25) is 10.0 Å². The molecule has 0 spiro atoms. The average Bonchev–Trinajstić information content (AvgIpc) is 3.04. The Morgan fingerprint density at radius 1 is 1.09 bits per heavy atom. The summed E-state index contributed by atoms with van der Waals surface area (Å²) in [5, 5.41) is 10.7. The third-order valence-electron chi connectivity index (χ3n) is 5.07. The van der Waals surface area contributed by atoms with Crippen LogP contribution in [0.1, 0.15) is 37.7 Å². The molecule has 2 aliphatic rings. The number of benzene rings is 1. The quantitative estimate of drug-likeness (QED) is 0.876. The van der Waals surface area contributed by atoms with Crippen molar-refractivity contribution in [3.8, 4) is 0 Å². The highest BCUT2D eigenvalue weighted by Gasteiger charge is 2.38. The van der Waals surface area contributed by atoms with Crippen molar-refractivity contribution in [2.24, 2.45) is 0 Å². The molecule has 23 heavy (non-hydrogen) atoms. The van der Waals surface area contributed by atoms with Crippen LogP contribution in [0.5, 0.6) is 0 Å². The van der Waals surface area contributed by atoms with Gasteiger partial charge in [0.15, 0.2) is 0 Å². The van der Waals surface area contributed by atoms with Crippen LogP contribution in [-0.2, 0) is 10.0 Å². The number of nitrogens with one attached hydrogen (secondary N) is 1. The molecule has 0 amide bonds. The van der Waals surface area contributed by atoms with E-state index in [0.29, 0.717) is 6.42 Å². The van der Waals surface area contributed by atoms with Gasteiger partial charge in [0, 0.05) is 12.1 Å². The zero-order valence-corrected chi connectivity index (χ0v) is 14.4. The minimum atomic E-state index is -3.59. The van der Waals surface area contributed by atoms with Gasteiger partial charge in [0.25, 0.3) is 0 Å². The largest absolute Gasteiger partial charge is 0.390 e. The summed E-state index contributed by atoms with van der Waals surface area (Å²) in [5.41, 5.74) is 1.02. The van der Waals surface area contributed by atoms with Crippen LogP contribution < -0.4 is 4.72 Å². The maximum Gasteiger partial charge on any atom is 0.240 e. The first-order valence-electron chi connectivity index (χ1n) is 8.48. The van der Waals surface area contributed by atoms with Crippen LogP contribution in [0.15, 0.2) is 29.2 Å². The fourth-order valence-corrected chi connectivity index (χ4v) is 5.03. The summed E-state index contributed by atoms with van der Waals surface area (Å²) in [6, 6.07) is 6.49. The Morgan fingerprint density at radius 2 is 1.74 bits per heavy atom. The minimum Gasteiger partial charge on any atom is -0.390 e. The Hall–Kier alpha value is -0.950. The Morgan fingerprint density at radius 3 is 2.39 bits per heavy atom. The van der Waals surface area contributed by atoms with Crippen LogP contribution in [-0.4, -0.2) is 49.7 Å². The fourth-order valence-electron chi connectivity index (χ4n) is 3.74. The molecule has 0 aromatic heterocycles. The molecule has 5 nitrogen and oxygen atoms in total. The van der Waals surface area contributed by atoms with Crippen molar-refractivity contribution in [2.45, 2.75) is 62.1 Å². The van der Waals surface area contributed by atoms with Gasteiger partial charge in [-0.15, -0.1) is 0 Å². The third kappa shape index (κ3) is 3.76. The SMILES string of the molecule is Cc1ccc(S(=O)(=O)N[C@@H]2CCC[C@@H](N3CCCC3)[C@@H]2O)cc1. The van der Waals surface area contributed by atoms with Gasteiger partial charge >= 0.3 is 0 Å². The molecule has 1 heterocycles. The molecule has 2 N–H and O–H groups in total. The van der Waals surface area contributed by atoms with E-state index in [4.69, 9.17) is 0 Å². The predicted octanol–water partition coefficient (Wildman–Crippen LogP) is 1.65. The van der Waals surface area contributed by atoms with Crippen LogP contribution in [0, 0.1) is 6.92 Å². The zero-order chi connectivity index (χ0) is 16.4. The van der Waals surface area contributed by atoms with Crippen molar-refractivity contribution < 1.29 is 13.5 Å². The number of hydrogen-bond donors (Lipinski definition) is 2. The van der Waals surface area contributed by atoms with Crippen LogP contribution >= 0.6 is 0 Å². The Labute approximate surface area is 138 Å². The summed E-state index contributed by atoms with van der Waals surface area (Å²) in [6.07, 6.45) is 4.29. The number of hydrogen-bond acceptors (Lipinski definition) is 4. The van der Waals surface area contributed by atoms with Gasteiger partial charge in [0.1, 0.15) is 0 Å². The Bertz CT molecular complexity index is 624. The number of sulfonamides is 1. The molecule has 0 unspecified atom stereocenters. The zero-order valence-electron chi connectivity index (χ0n) is 13.6. The molecule has 0 bridgehead atoms. The van der Waals surface area contributed by atoms with Gasteiger partial charge in [0.05, 0.1) is 11.0 Å². The van der Waals surface area contributed by atoms with E-state index in [9.17, 15) is 13.5 Å². The first-order chi connectivity index (χ1) is 11.0. The fraction of sp³-hybridized carbons (Fsp3) is 0.647. The van der Waals surface area contributed by atoms with Crippen LogP contribution in [0.3, 0.4) is 0 Å². The van der Waals surface area contributed by atoms with E-state index in [1.165, 1.54) is 12.8 Å². The number of aliphatic hydroxyl groups is 1. The minimum absolute atomic E-state index is 0.0805. The van der Waals surface area contributed by atoms with E-state index in [0.717, 1.165) is 31.5 Å². The van der Waals surface area contributed by atoms with Crippen molar-refractivity contribution in [1.82, 2.24) is 9.62 Å². The standard InChI is InChI=1S/C17H26N2O3S/c1-13-7-9-14(10-8-13)23(21,22)18-15-5-4-6-16(17(15)20)19-11-2-3-12-19/h7-10,15-18,20H,2-6,11-12H2,1H3/t15-,16-,17-/m1/s1. The molecule has 3 rings (SSSR count). The summed E-state index contributed by atoms with van der Waals surface area (Å²) < 4.78 is 27.8. The molecular formula is C17H26N2O3S. The second kappa shape index (κ2) is 6.89. The monoisotopic (exact) mass is 338 g/mol. The van der Waals surface area contributed by atoms with Crippen molar-refractivity contribution >= 4 is 10.0 Å². The van der Waals surface area contributed by atoms with E-state index in [2.05, 4.69) is 9.62 Å². The maximum atomic E-state index is 12.5. The van der Waals surface area contributed by atoms with Crippen molar-refractivity contribution in [1.29, 1.82) is 0 Å². The topological polar surface area (TPSA) is 69.6 Å². The molecule has 1 saturated heterocycles. The molecule has 3 atom stereocenters. The summed E-state index contributed by atoms with van der Waals surface area (Å²) in [5.74, 6) is 0. The van der Waals surface area contributed by atoms with Crippen molar-refractivity contribution in [3.05, 3.63) is 29.8 Å². The highest BCUT2D eigenvalue weighted by Crippen LogP contribution is 2.27. The Balaban J connectivity index is 1.71. The van der Waals surface area contributed by atoms with Gasteiger partial charge in [-0.3, -0.25) is 4.90 Å². The molecule has 1 aliphatic heterocycles. The molecule has 1 aliphatic carbocycles. The van der Waals surface area contributed by atoms with Crippen molar-refractivity contribution in [3.63, 3.8) is 0 Å². The van der Waals surface area contributed by atoms with E-state index in [1.54, 1.807) is 24.3 Å². The lowest BCUT2D eigenvalue weighted by Crippen LogP contribution is -2.56. The Kier molecular flexibility index (Phi) is 5.06. The molecule has 0 radical (unpaired) electrons. The molecular weight excluding hydrogens is 312 g/mol. The number of aryl methyl sites for hydroxylation is 1. The molecule has 128 valence electrons. The lowest BCUT2D eigenvalue weighted by Gasteiger charge is -2.39. The number of nitrogens with zero attached hydrogens (tertiary/aromatic N) is 1. The van der Waals surface area contributed by atoms with Gasteiger partial charge in [-0.2, -0.15) is 0 Å². The summed E-state index contributed by atoms with van der Waals surface area (Å²) in [6.45, 7) is 3.95. The highest BCUT2D eigenvalue weighted by atomic mass is 32.2. The number of likely N-dealkylation sites (tertiary alicyclic amines) is 1. The smallest absolute Gasteiger partial charge is 0.240 e. The van der Waals surface area contributed by atoms with E-state index in [1.807, 2.05) is 6.92 Å². The second-order valence-electron chi connectivity index (χ2n) is 6.77. The van der Waals surface area contributed by atoms with E-state index < -0.39 is 22.2 Å². The van der Waals surface area contributed by atoms with Gasteiger partial charge in [-0.25, -0.2) is 13.1 Å². The van der Waals surface area contributed by atoms with Crippen molar-refractivity contribution in [2.75, 3.05) is 13.1 Å². The average molecular weight is 338 g/mol. The van der Waals surface area contributed by atoms with Gasteiger partial charge < -0.3 is 5.11 Å². The van der Waals surface area contributed by atoms with E-state index >= 15 is 0 Å². The number of aliphatic hydroxyl groups excluding tert-OH is 1. The maximum absolute atomic E-state index is 12.5. The molecule has 2 fully saturated rings. The molecule has 1 aromatic rings. The second-order valence-corrected chi connectivity index (χ2v) is 8.49. The first kappa shape index (κ1) is 16.9. The summed E-state index contributed by atoms with van der Waals surface area (Å²) in [4.78, 5) is 2.58. The summed E-state index contributed by atoms with van der Waals surface area (Å²) in [7, 11) is -3.59. The molecule has 6 heteroatoms. The lowest BCUT2D eigenvalue weighted by atomic mass is 9.88. The molecule has 1 saturated carbocycles.